The van der Waals surface area contributed by atoms with E-state index in [1.165, 1.54) is 0 Å². The molecular formula is C56H94O30. The highest BCUT2D eigenvalue weighted by molar-refractivity contribution is 5.18. The monoisotopic (exact) mass is 1250 g/mol. The Labute approximate surface area is 496 Å². The largest absolute Gasteiger partial charge is 0.394 e. The van der Waals surface area contributed by atoms with Crippen LogP contribution in [-0.4, -0.2) is 314 Å². The zero-order valence-electron chi connectivity index (χ0n) is 48.6. The lowest BCUT2D eigenvalue weighted by molar-refractivity contribution is -0.404. The molecule has 30 heteroatoms. The normalized spacial score (nSPS) is 56.1. The number of ether oxygens (including phenoxy) is 11. The second-order valence-corrected chi connectivity index (χ2v) is 26.9. The third kappa shape index (κ3) is 12.1. The van der Waals surface area contributed by atoms with Crippen LogP contribution in [0.3, 0.4) is 0 Å². The van der Waals surface area contributed by atoms with Crippen LogP contribution in [-0.2, 0) is 52.1 Å². The van der Waals surface area contributed by atoms with Crippen molar-refractivity contribution in [2.45, 2.75) is 257 Å². The van der Waals surface area contributed by atoms with Gasteiger partial charge in [0.1, 0.15) is 116 Å². The van der Waals surface area contributed by atoms with E-state index in [1.54, 1.807) is 0 Å². The van der Waals surface area contributed by atoms with E-state index < -0.39 is 221 Å². The summed E-state index contributed by atoms with van der Waals surface area (Å²) in [6.07, 6.45) is -41.2. The SMILES string of the molecule is C[C@H](CC[C@@]1(O)O[C@H]2[C@@H](O)[C@H]3[C@@H]4CC[C@H]5C[C@@H](O[C@@H]6O[C@H](CO)[C@H](O[C@@H]7O[C@H](CO)[C@@H](O)[C@H](O[C@@H]8OC[C@@H](O)[C@H](O)[C@H]8O)[C@H]7O[C@@H]7O[C@H](CO)[C@H](O)[C@H](O)[C@H]7O)[C@H](O)[C@H]6O)[C@H](O)C[C@]5(C)[C@H]4CC[C@]3(C)[C@H]2[C@@H]1C)CO[C@@H]1O[C@H](CO)[C@@H](O)[C@H](O)[C@H]1O. The Bertz CT molecular complexity index is 2210. The number of hydrogen-bond donors (Lipinski definition) is 19. The summed E-state index contributed by atoms with van der Waals surface area (Å²) < 4.78 is 65.3. The van der Waals surface area contributed by atoms with Crippen molar-refractivity contribution in [3.63, 3.8) is 0 Å². The van der Waals surface area contributed by atoms with Crippen LogP contribution in [0, 0.1) is 52.3 Å². The van der Waals surface area contributed by atoms with Crippen LogP contribution in [0.4, 0.5) is 0 Å². The van der Waals surface area contributed by atoms with Crippen LogP contribution in [0.25, 0.3) is 0 Å². The summed E-state index contributed by atoms with van der Waals surface area (Å²) in [6.45, 7) is 4.40. The van der Waals surface area contributed by atoms with E-state index in [0.29, 0.717) is 19.3 Å². The molecule has 0 aromatic heterocycles. The zero-order valence-corrected chi connectivity index (χ0v) is 48.6. The van der Waals surface area contributed by atoms with Crippen molar-refractivity contribution in [1.29, 1.82) is 0 Å². The lowest BCUT2D eigenvalue weighted by atomic mass is 9.44. The fourth-order valence-corrected chi connectivity index (χ4v) is 16.9. The number of fused-ring (bicyclic) bond motifs is 7. The molecule has 0 radical (unpaired) electrons. The first-order valence-electron chi connectivity index (χ1n) is 30.5. The maximum absolute atomic E-state index is 12.4. The van der Waals surface area contributed by atoms with Crippen LogP contribution in [0.1, 0.15) is 79.1 Å². The number of aliphatic hydroxyl groups is 19. The van der Waals surface area contributed by atoms with Crippen molar-refractivity contribution in [3.8, 4) is 0 Å². The highest BCUT2D eigenvalue weighted by Crippen LogP contribution is 2.71. The standard InChI is InChI=1S/C56H94O30/c1-19(17-76-49-42(72)38(68)34(64)27(13-57)79-49)7-10-56(75)20(2)31-46(86-56)37(67)32-22-6-5-21-11-26(24(61)12-55(21,4)23(22)8-9-54(31,32)3)78-51-44(74)40(70)45(30(16-60)82-51)83-53-48(85-52-43(73)39(69)35(65)28(14-58)80-52)47(36(66)29(15-59)81-53)84-50-41(71)33(63)25(62)18-77-50/h19-53,57-75H,5-18H2,1-4H3/t19-,20+,21+,22-,23+,24-,25-,26-,27-,28-,29-,30-,31+,32-,33+,34-,35+,36-,37+,38+,39+,40-,41-,42-,43-,44-,45+,46-,47+,48-,49-,50+,51-,52+,53+,54-,55+,56-/m1/s1. The predicted molar refractivity (Wildman–Crippen MR) is 281 cm³/mol. The molecule has 19 N–H and O–H groups in total. The van der Waals surface area contributed by atoms with E-state index in [2.05, 4.69) is 13.8 Å². The molecule has 0 spiro atoms. The number of aliphatic hydroxyl groups excluding tert-OH is 18. The molecule has 0 amide bonds. The second kappa shape index (κ2) is 26.7. The average molecular weight is 1250 g/mol. The Balaban J connectivity index is 0.779. The maximum atomic E-state index is 12.4. The van der Waals surface area contributed by atoms with E-state index in [4.69, 9.17) is 52.1 Å². The van der Waals surface area contributed by atoms with Gasteiger partial charge in [0.05, 0.1) is 64.1 Å². The molecule has 10 aliphatic rings. The van der Waals surface area contributed by atoms with Gasteiger partial charge in [0.25, 0.3) is 0 Å². The van der Waals surface area contributed by atoms with Gasteiger partial charge in [-0.2, -0.15) is 0 Å². The van der Waals surface area contributed by atoms with Crippen LogP contribution >= 0.6 is 0 Å². The molecule has 498 valence electrons. The van der Waals surface area contributed by atoms with E-state index in [0.717, 1.165) is 19.3 Å². The minimum Gasteiger partial charge on any atom is -0.394 e. The van der Waals surface area contributed by atoms with E-state index in [9.17, 15) is 97.0 Å². The average Bonchev–Trinajstić information content (AvgIpc) is 1.90. The summed E-state index contributed by atoms with van der Waals surface area (Å²) in [4.78, 5) is 0. The molecule has 10 fully saturated rings. The molecule has 0 unspecified atom stereocenters. The molecule has 6 saturated heterocycles. The summed E-state index contributed by atoms with van der Waals surface area (Å²) >= 11 is 0. The Morgan fingerprint density at radius 3 is 1.71 bits per heavy atom. The van der Waals surface area contributed by atoms with Crippen molar-refractivity contribution in [2.24, 2.45) is 52.3 Å². The second-order valence-electron chi connectivity index (χ2n) is 26.9. The molecule has 30 nitrogen and oxygen atoms in total. The molecule has 4 saturated carbocycles. The lowest BCUT2D eigenvalue weighted by Gasteiger charge is -2.62. The molecule has 0 aromatic rings. The topological polar surface area (TPSA) is 486 Å². The fraction of sp³-hybridized carbons (Fsp3) is 1.00. The predicted octanol–water partition coefficient (Wildman–Crippen LogP) is -7.55. The molecule has 10 rings (SSSR count). The summed E-state index contributed by atoms with van der Waals surface area (Å²) in [6, 6.07) is 0. The van der Waals surface area contributed by atoms with Gasteiger partial charge >= 0.3 is 0 Å². The van der Waals surface area contributed by atoms with Gasteiger partial charge in [0.2, 0.25) is 0 Å². The molecule has 4 aliphatic carbocycles. The lowest BCUT2D eigenvalue weighted by Crippen LogP contribution is -2.68. The minimum absolute atomic E-state index is 0.00982. The molecule has 0 bridgehead atoms. The van der Waals surface area contributed by atoms with E-state index in [-0.39, 0.29) is 60.9 Å². The Morgan fingerprint density at radius 1 is 0.512 bits per heavy atom. The van der Waals surface area contributed by atoms with Gasteiger partial charge in [-0.05, 0) is 85.4 Å². The smallest absolute Gasteiger partial charge is 0.187 e. The van der Waals surface area contributed by atoms with Gasteiger partial charge in [-0.25, -0.2) is 0 Å². The first-order chi connectivity index (χ1) is 40.7. The number of rotatable bonds is 18. The van der Waals surface area contributed by atoms with Gasteiger partial charge < -0.3 is 149 Å². The van der Waals surface area contributed by atoms with E-state index in [1.807, 2.05) is 13.8 Å². The Morgan fingerprint density at radius 2 is 1.06 bits per heavy atom. The van der Waals surface area contributed by atoms with Gasteiger partial charge in [-0.15, -0.1) is 0 Å². The van der Waals surface area contributed by atoms with Crippen LogP contribution in [0.5, 0.6) is 0 Å². The fourth-order valence-electron chi connectivity index (χ4n) is 16.9. The molecular weight excluding hydrogens is 1150 g/mol. The van der Waals surface area contributed by atoms with Gasteiger partial charge in [-0.3, -0.25) is 0 Å². The summed E-state index contributed by atoms with van der Waals surface area (Å²) in [5.74, 6) is -2.35. The van der Waals surface area contributed by atoms with Gasteiger partial charge in [0.15, 0.2) is 37.2 Å². The van der Waals surface area contributed by atoms with Gasteiger partial charge in [-0.1, -0.05) is 27.7 Å². The number of hydrogen-bond acceptors (Lipinski definition) is 30. The maximum Gasteiger partial charge on any atom is 0.187 e. The highest BCUT2D eigenvalue weighted by atomic mass is 16.8. The molecule has 38 atom stereocenters. The minimum atomic E-state index is -2.06. The third-order valence-corrected chi connectivity index (χ3v) is 21.9. The highest BCUT2D eigenvalue weighted by Gasteiger charge is 2.72. The summed E-state index contributed by atoms with van der Waals surface area (Å²) in [5.41, 5.74) is -0.838. The molecule has 6 aliphatic heterocycles. The van der Waals surface area contributed by atoms with Crippen LogP contribution in [0.15, 0.2) is 0 Å². The van der Waals surface area contributed by atoms with Crippen molar-refractivity contribution in [3.05, 3.63) is 0 Å². The Kier molecular flexibility index (Phi) is 21.0. The molecule has 6 heterocycles. The molecule has 86 heavy (non-hydrogen) atoms. The van der Waals surface area contributed by atoms with Crippen molar-refractivity contribution >= 4 is 0 Å². The van der Waals surface area contributed by atoms with Crippen molar-refractivity contribution < 1.29 is 149 Å². The third-order valence-electron chi connectivity index (χ3n) is 21.9. The molecule has 0 aromatic carbocycles. The van der Waals surface area contributed by atoms with Crippen LogP contribution < -0.4 is 0 Å². The summed E-state index contributed by atoms with van der Waals surface area (Å²) in [5, 5.41) is 207. The Hall–Kier alpha value is -1.20. The first-order valence-corrected chi connectivity index (χ1v) is 30.5. The summed E-state index contributed by atoms with van der Waals surface area (Å²) in [7, 11) is 0. The van der Waals surface area contributed by atoms with Crippen molar-refractivity contribution in [2.75, 3.05) is 39.6 Å². The zero-order chi connectivity index (χ0) is 62.4. The van der Waals surface area contributed by atoms with Gasteiger partial charge in [0, 0.05) is 18.3 Å². The van der Waals surface area contributed by atoms with E-state index >= 15 is 0 Å². The quantitative estimate of drug-likeness (QED) is 0.0567. The van der Waals surface area contributed by atoms with Crippen LogP contribution in [0.2, 0.25) is 0 Å². The first kappa shape index (κ1) is 67.7. The van der Waals surface area contributed by atoms with Crippen molar-refractivity contribution in [1.82, 2.24) is 0 Å².